The molecule has 12 nitrogen and oxygen atoms in total. The number of hydrogen-bond donors (Lipinski definition) is 3. The van der Waals surface area contributed by atoms with E-state index in [-0.39, 0.29) is 24.8 Å². The topological polar surface area (TPSA) is 168 Å². The number of nitrogens with one attached hydrogen (secondary N) is 1. The van der Waals surface area contributed by atoms with Gasteiger partial charge >= 0.3 is 11.7 Å². The summed E-state index contributed by atoms with van der Waals surface area (Å²) in [5.41, 5.74) is -1.70. The van der Waals surface area contributed by atoms with Gasteiger partial charge in [-0.15, -0.1) is 5.06 Å². The van der Waals surface area contributed by atoms with E-state index in [1.807, 2.05) is 4.98 Å². The normalized spacial score (nSPS) is 25.1. The monoisotopic (exact) mass is 395 g/mol. The molecular formula is C16H17N3O9. The van der Waals surface area contributed by atoms with Crippen LogP contribution in [-0.2, 0) is 24.0 Å². The first-order chi connectivity index (χ1) is 13.3. The highest BCUT2D eigenvalue weighted by Crippen LogP contribution is 2.27. The Kier molecular flexibility index (Phi) is 5.53. The number of carbonyl (C=O) groups excluding carboxylic acids is 3. The lowest BCUT2D eigenvalue weighted by molar-refractivity contribution is -0.193. The zero-order chi connectivity index (χ0) is 20.4. The minimum atomic E-state index is -1.06. The van der Waals surface area contributed by atoms with E-state index in [4.69, 9.17) is 9.84 Å². The fraction of sp³-hybridized carbons (Fsp3) is 0.438. The number of rotatable bonds is 5. The highest BCUT2D eigenvalue weighted by Gasteiger charge is 2.35. The number of hydrogen-bond acceptors (Lipinski definition) is 9. The molecule has 2 fully saturated rings. The number of aliphatic hydroxyl groups is 2. The Morgan fingerprint density at radius 2 is 1.96 bits per heavy atom. The fourth-order valence-electron chi connectivity index (χ4n) is 2.82. The van der Waals surface area contributed by atoms with Crippen molar-refractivity contribution in [3.8, 4) is 0 Å². The Bertz CT molecular complexity index is 931. The predicted octanol–water partition coefficient (Wildman–Crippen LogP) is -2.20. The van der Waals surface area contributed by atoms with Crippen molar-refractivity contribution >= 4 is 23.9 Å². The van der Waals surface area contributed by atoms with Gasteiger partial charge in [0.2, 0.25) is 0 Å². The van der Waals surface area contributed by atoms with E-state index in [0.717, 1.165) is 22.9 Å². The number of aromatic amines is 1. The standard InChI is InChI=1S/C16H17N3O9/c20-7-10-9(21)5-13(27-10)18-6-8(15(25)17-16(18)26)1-4-14(24)28-19-11(22)2-3-12(19)23/h1,4,6,9-10,13,20-21H,2-3,5,7H2,(H,17,25,26). The summed E-state index contributed by atoms with van der Waals surface area (Å²) < 4.78 is 6.38. The molecule has 3 heterocycles. The van der Waals surface area contributed by atoms with E-state index in [2.05, 4.69) is 4.84 Å². The number of ether oxygens (including phenoxy) is 1. The first kappa shape index (κ1) is 19.7. The van der Waals surface area contributed by atoms with E-state index in [1.165, 1.54) is 0 Å². The van der Waals surface area contributed by atoms with E-state index >= 15 is 0 Å². The van der Waals surface area contributed by atoms with Crippen molar-refractivity contribution in [1.82, 2.24) is 14.6 Å². The molecule has 1 aromatic heterocycles. The van der Waals surface area contributed by atoms with Crippen molar-refractivity contribution in [1.29, 1.82) is 0 Å². The number of imide groups is 1. The van der Waals surface area contributed by atoms with Gasteiger partial charge in [-0.3, -0.25) is 23.9 Å². The molecule has 3 unspecified atom stereocenters. The van der Waals surface area contributed by atoms with Crippen LogP contribution in [0.25, 0.3) is 6.08 Å². The van der Waals surface area contributed by atoms with Crippen molar-refractivity contribution in [2.45, 2.75) is 37.7 Å². The summed E-state index contributed by atoms with van der Waals surface area (Å²) in [6.45, 7) is -0.442. The second kappa shape index (κ2) is 7.88. The van der Waals surface area contributed by atoms with Crippen LogP contribution in [0.5, 0.6) is 0 Å². The highest BCUT2D eigenvalue weighted by atomic mass is 16.7. The molecule has 2 saturated heterocycles. The van der Waals surface area contributed by atoms with Gasteiger partial charge in [0.15, 0.2) is 0 Å². The van der Waals surface area contributed by atoms with Gasteiger partial charge in [0, 0.05) is 31.5 Å². The molecule has 0 saturated carbocycles. The molecule has 150 valence electrons. The number of aromatic nitrogens is 2. The van der Waals surface area contributed by atoms with Crippen LogP contribution < -0.4 is 11.2 Å². The van der Waals surface area contributed by atoms with Crippen LogP contribution in [-0.4, -0.2) is 61.4 Å². The van der Waals surface area contributed by atoms with Gasteiger partial charge in [-0.25, -0.2) is 9.59 Å². The first-order valence-electron chi connectivity index (χ1n) is 8.35. The van der Waals surface area contributed by atoms with Crippen LogP contribution in [0.15, 0.2) is 21.9 Å². The summed E-state index contributed by atoms with van der Waals surface area (Å²) in [7, 11) is 0. The molecule has 3 N–H and O–H groups in total. The van der Waals surface area contributed by atoms with Gasteiger partial charge in [0.25, 0.3) is 17.4 Å². The molecule has 1 aromatic rings. The Hall–Kier alpha value is -3.09. The molecule has 3 atom stereocenters. The molecule has 0 aliphatic carbocycles. The number of carbonyl (C=O) groups is 3. The summed E-state index contributed by atoms with van der Waals surface area (Å²) in [6.07, 6.45) is 0.110. The number of hydroxylamine groups is 2. The van der Waals surface area contributed by atoms with Gasteiger partial charge in [-0.1, -0.05) is 0 Å². The van der Waals surface area contributed by atoms with Crippen molar-refractivity contribution in [2.75, 3.05) is 6.61 Å². The average molecular weight is 395 g/mol. The molecule has 2 aliphatic heterocycles. The second-order valence-electron chi connectivity index (χ2n) is 6.19. The van der Waals surface area contributed by atoms with Crippen LogP contribution in [0, 0.1) is 0 Å². The number of amides is 2. The van der Waals surface area contributed by atoms with Crippen molar-refractivity contribution in [3.63, 3.8) is 0 Å². The summed E-state index contributed by atoms with van der Waals surface area (Å²) in [5, 5.41) is 19.3. The molecule has 0 bridgehead atoms. The minimum absolute atomic E-state index is 0.0154. The van der Waals surface area contributed by atoms with Crippen LogP contribution in [0.2, 0.25) is 0 Å². The molecule has 2 aliphatic rings. The molecule has 2 amide bonds. The van der Waals surface area contributed by atoms with Crippen LogP contribution in [0.3, 0.4) is 0 Å². The van der Waals surface area contributed by atoms with E-state index in [9.17, 15) is 29.1 Å². The van der Waals surface area contributed by atoms with Gasteiger partial charge in [-0.2, -0.15) is 0 Å². The van der Waals surface area contributed by atoms with Gasteiger partial charge in [0.05, 0.1) is 18.3 Å². The summed E-state index contributed by atoms with van der Waals surface area (Å²) in [4.78, 5) is 65.2. The maximum absolute atomic E-state index is 12.0. The quantitative estimate of drug-likeness (QED) is 0.370. The van der Waals surface area contributed by atoms with E-state index in [0.29, 0.717) is 5.06 Å². The van der Waals surface area contributed by atoms with Crippen LogP contribution in [0.1, 0.15) is 31.1 Å². The van der Waals surface area contributed by atoms with E-state index in [1.54, 1.807) is 0 Å². The molecule has 0 spiro atoms. The Morgan fingerprint density at radius 1 is 1.29 bits per heavy atom. The maximum atomic E-state index is 12.0. The summed E-state index contributed by atoms with van der Waals surface area (Å²) >= 11 is 0. The molecular weight excluding hydrogens is 378 g/mol. The van der Waals surface area contributed by atoms with Gasteiger partial charge in [-0.05, 0) is 6.08 Å². The molecule has 3 rings (SSSR count). The Balaban J connectivity index is 1.77. The van der Waals surface area contributed by atoms with Crippen molar-refractivity contribution in [2.24, 2.45) is 0 Å². The third-order valence-electron chi connectivity index (χ3n) is 4.28. The lowest BCUT2D eigenvalue weighted by Crippen LogP contribution is -2.33. The third-order valence-corrected chi connectivity index (χ3v) is 4.28. The largest absolute Gasteiger partial charge is 0.394 e. The lowest BCUT2D eigenvalue weighted by atomic mass is 10.2. The number of aliphatic hydroxyl groups excluding tert-OH is 2. The van der Waals surface area contributed by atoms with Gasteiger partial charge in [0.1, 0.15) is 12.3 Å². The third kappa shape index (κ3) is 3.93. The first-order valence-corrected chi connectivity index (χ1v) is 8.35. The fourth-order valence-corrected chi connectivity index (χ4v) is 2.82. The van der Waals surface area contributed by atoms with E-state index < -0.39 is 54.1 Å². The molecule has 0 aromatic carbocycles. The number of nitrogens with zero attached hydrogens (tertiary/aromatic N) is 2. The Morgan fingerprint density at radius 3 is 2.57 bits per heavy atom. The predicted molar refractivity (Wildman–Crippen MR) is 89.2 cm³/mol. The molecule has 0 radical (unpaired) electrons. The zero-order valence-electron chi connectivity index (χ0n) is 14.4. The van der Waals surface area contributed by atoms with Gasteiger partial charge < -0.3 is 19.8 Å². The lowest BCUT2D eigenvalue weighted by Gasteiger charge is -2.14. The van der Waals surface area contributed by atoms with Crippen LogP contribution >= 0.6 is 0 Å². The summed E-state index contributed by atoms with van der Waals surface area (Å²) in [6, 6.07) is 0. The minimum Gasteiger partial charge on any atom is -0.394 e. The number of H-pyrrole nitrogens is 1. The molecule has 28 heavy (non-hydrogen) atoms. The summed E-state index contributed by atoms with van der Waals surface area (Å²) in [5.74, 6) is -2.35. The second-order valence-corrected chi connectivity index (χ2v) is 6.19. The van der Waals surface area contributed by atoms with Crippen LogP contribution in [0.4, 0.5) is 0 Å². The Labute approximate surface area is 156 Å². The SMILES string of the molecule is O=C(C=Cc1cn(C2CC(O)C(CO)O2)c(=O)[nH]c1=O)ON1C(=O)CCC1=O. The smallest absolute Gasteiger partial charge is 0.356 e. The zero-order valence-corrected chi connectivity index (χ0v) is 14.4. The highest BCUT2D eigenvalue weighted by molar-refractivity contribution is 6.02. The molecule has 12 heteroatoms. The van der Waals surface area contributed by atoms with Crippen molar-refractivity contribution in [3.05, 3.63) is 38.7 Å². The average Bonchev–Trinajstić information content (AvgIpc) is 3.17. The van der Waals surface area contributed by atoms with Crippen molar-refractivity contribution < 1.29 is 34.2 Å². The maximum Gasteiger partial charge on any atom is 0.356 e.